The summed E-state index contributed by atoms with van der Waals surface area (Å²) in [7, 11) is 1.80. The topological polar surface area (TPSA) is 56.6 Å². The summed E-state index contributed by atoms with van der Waals surface area (Å²) >= 11 is 0. The molecule has 0 bridgehead atoms. The lowest BCUT2D eigenvalue weighted by molar-refractivity contribution is 0.0679. The number of ether oxygens (including phenoxy) is 2. The normalized spacial score (nSPS) is 15.8. The molecule has 1 atom stereocenters. The fraction of sp³-hybridized carbons (Fsp3) is 0.333. The van der Waals surface area contributed by atoms with Gasteiger partial charge in [-0.1, -0.05) is 30.3 Å². The van der Waals surface area contributed by atoms with Gasteiger partial charge < -0.3 is 14.4 Å². The van der Waals surface area contributed by atoms with Gasteiger partial charge in [-0.2, -0.15) is 5.10 Å². The average molecular weight is 405 g/mol. The van der Waals surface area contributed by atoms with Crippen molar-refractivity contribution in [3.05, 3.63) is 83.7 Å². The van der Waals surface area contributed by atoms with E-state index in [-0.39, 0.29) is 12.0 Å². The van der Waals surface area contributed by atoms with Crippen molar-refractivity contribution in [2.45, 2.75) is 32.0 Å². The summed E-state index contributed by atoms with van der Waals surface area (Å²) in [5.74, 6) is 0.725. The summed E-state index contributed by atoms with van der Waals surface area (Å²) in [6, 6.07) is 17.5. The molecule has 1 amide bonds. The molecule has 2 aromatic carbocycles. The van der Waals surface area contributed by atoms with Crippen LogP contribution in [0.4, 0.5) is 0 Å². The van der Waals surface area contributed by atoms with Gasteiger partial charge in [0.2, 0.25) is 0 Å². The highest BCUT2D eigenvalue weighted by Gasteiger charge is 2.17. The van der Waals surface area contributed by atoms with Crippen LogP contribution in [0.1, 0.15) is 34.3 Å². The molecule has 4 rings (SSSR count). The number of benzene rings is 2. The third-order valence-corrected chi connectivity index (χ3v) is 5.20. The zero-order valence-corrected chi connectivity index (χ0v) is 17.2. The molecule has 0 spiro atoms. The monoisotopic (exact) mass is 405 g/mol. The van der Waals surface area contributed by atoms with Crippen molar-refractivity contribution in [1.29, 1.82) is 0 Å². The van der Waals surface area contributed by atoms with Crippen molar-refractivity contribution in [3.8, 4) is 5.75 Å². The van der Waals surface area contributed by atoms with E-state index < -0.39 is 0 Å². The van der Waals surface area contributed by atoms with Crippen LogP contribution in [-0.4, -0.2) is 47.0 Å². The second-order valence-corrected chi connectivity index (χ2v) is 7.66. The Morgan fingerprint density at radius 3 is 2.70 bits per heavy atom. The number of carbonyl (C=O) groups excluding carboxylic acids is 1. The summed E-state index contributed by atoms with van der Waals surface area (Å²) in [6.45, 7) is 2.59. The number of nitrogens with zero attached hydrogens (tertiary/aromatic N) is 3. The SMILES string of the molecule is CN(Cc1cnn(Cc2ccccc2)c1)C(=O)c1ccc(OCC2CCCO2)cc1. The van der Waals surface area contributed by atoms with Crippen LogP contribution in [0.25, 0.3) is 0 Å². The van der Waals surface area contributed by atoms with Gasteiger partial charge in [0.1, 0.15) is 12.4 Å². The van der Waals surface area contributed by atoms with Crippen molar-refractivity contribution >= 4 is 5.91 Å². The highest BCUT2D eigenvalue weighted by atomic mass is 16.5. The number of hydrogen-bond donors (Lipinski definition) is 0. The molecular weight excluding hydrogens is 378 g/mol. The van der Waals surface area contributed by atoms with E-state index in [1.807, 2.05) is 59.5 Å². The van der Waals surface area contributed by atoms with E-state index in [4.69, 9.17) is 9.47 Å². The molecule has 0 saturated carbocycles. The van der Waals surface area contributed by atoms with Crippen LogP contribution in [0.15, 0.2) is 67.0 Å². The van der Waals surface area contributed by atoms with Crippen molar-refractivity contribution in [2.75, 3.05) is 20.3 Å². The van der Waals surface area contributed by atoms with Gasteiger partial charge in [-0.3, -0.25) is 9.48 Å². The molecule has 0 radical (unpaired) electrons. The summed E-state index contributed by atoms with van der Waals surface area (Å²) in [4.78, 5) is 14.5. The Kier molecular flexibility index (Phi) is 6.44. The van der Waals surface area contributed by atoms with E-state index in [2.05, 4.69) is 17.2 Å². The maximum atomic E-state index is 12.8. The first kappa shape index (κ1) is 20.2. The van der Waals surface area contributed by atoms with Gasteiger partial charge in [-0.05, 0) is 42.7 Å². The fourth-order valence-corrected chi connectivity index (χ4v) is 3.57. The summed E-state index contributed by atoms with van der Waals surface area (Å²) in [6.07, 6.45) is 6.12. The first-order valence-corrected chi connectivity index (χ1v) is 10.3. The Morgan fingerprint density at radius 1 is 1.17 bits per heavy atom. The van der Waals surface area contributed by atoms with Gasteiger partial charge in [-0.15, -0.1) is 0 Å². The van der Waals surface area contributed by atoms with Crippen LogP contribution in [0.3, 0.4) is 0 Å². The van der Waals surface area contributed by atoms with Gasteiger partial charge in [0.05, 0.1) is 18.8 Å². The molecule has 2 heterocycles. The maximum absolute atomic E-state index is 12.8. The predicted octanol–water partition coefficient (Wildman–Crippen LogP) is 3.76. The van der Waals surface area contributed by atoms with E-state index in [9.17, 15) is 4.79 Å². The lowest BCUT2D eigenvalue weighted by Crippen LogP contribution is -2.26. The average Bonchev–Trinajstić information content (AvgIpc) is 3.45. The second-order valence-electron chi connectivity index (χ2n) is 7.66. The Labute approximate surface area is 177 Å². The number of amides is 1. The van der Waals surface area contributed by atoms with Gasteiger partial charge in [-0.25, -0.2) is 0 Å². The summed E-state index contributed by atoms with van der Waals surface area (Å²) in [5.41, 5.74) is 2.83. The van der Waals surface area contributed by atoms with Crippen LogP contribution < -0.4 is 4.74 Å². The number of aromatic nitrogens is 2. The number of rotatable bonds is 8. The molecule has 0 aliphatic carbocycles. The molecule has 6 nitrogen and oxygen atoms in total. The van der Waals surface area contributed by atoms with Crippen molar-refractivity contribution in [3.63, 3.8) is 0 Å². The number of hydrogen-bond acceptors (Lipinski definition) is 4. The molecule has 0 N–H and O–H groups in total. The first-order valence-electron chi connectivity index (χ1n) is 10.3. The molecule has 1 saturated heterocycles. The third-order valence-electron chi connectivity index (χ3n) is 5.20. The first-order chi connectivity index (χ1) is 14.7. The minimum Gasteiger partial charge on any atom is -0.491 e. The van der Waals surface area contributed by atoms with Gasteiger partial charge in [0.15, 0.2) is 0 Å². The highest BCUT2D eigenvalue weighted by molar-refractivity contribution is 5.94. The van der Waals surface area contributed by atoms with E-state index >= 15 is 0 Å². The molecule has 30 heavy (non-hydrogen) atoms. The van der Waals surface area contributed by atoms with E-state index in [1.165, 1.54) is 5.56 Å². The molecule has 156 valence electrons. The standard InChI is InChI=1S/C24H27N3O3/c1-26(15-20-14-25-27(17-20)16-19-6-3-2-4-7-19)24(28)21-9-11-22(12-10-21)30-18-23-8-5-13-29-23/h2-4,6-7,9-12,14,17,23H,5,8,13,15-16,18H2,1H3. The zero-order chi connectivity index (χ0) is 20.8. The highest BCUT2D eigenvalue weighted by Crippen LogP contribution is 2.18. The quantitative estimate of drug-likeness (QED) is 0.573. The Balaban J connectivity index is 1.30. The minimum atomic E-state index is -0.0310. The van der Waals surface area contributed by atoms with Crippen LogP contribution in [0.2, 0.25) is 0 Å². The molecule has 1 fully saturated rings. The lowest BCUT2D eigenvalue weighted by Gasteiger charge is -2.17. The third kappa shape index (κ3) is 5.27. The van der Waals surface area contributed by atoms with E-state index in [1.54, 1.807) is 11.9 Å². The predicted molar refractivity (Wildman–Crippen MR) is 114 cm³/mol. The van der Waals surface area contributed by atoms with Crippen molar-refractivity contribution in [1.82, 2.24) is 14.7 Å². The Bertz CT molecular complexity index is 947. The lowest BCUT2D eigenvalue weighted by atomic mass is 10.2. The molecule has 1 aliphatic heterocycles. The molecular formula is C24H27N3O3. The second kappa shape index (κ2) is 9.59. The fourth-order valence-electron chi connectivity index (χ4n) is 3.57. The minimum absolute atomic E-state index is 0.0310. The molecule has 1 aromatic heterocycles. The molecule has 3 aromatic rings. The zero-order valence-electron chi connectivity index (χ0n) is 17.2. The maximum Gasteiger partial charge on any atom is 0.253 e. The van der Waals surface area contributed by atoms with Crippen LogP contribution in [0, 0.1) is 0 Å². The Hall–Kier alpha value is -3.12. The van der Waals surface area contributed by atoms with Crippen LogP contribution in [0.5, 0.6) is 5.75 Å². The van der Waals surface area contributed by atoms with Gasteiger partial charge >= 0.3 is 0 Å². The largest absolute Gasteiger partial charge is 0.491 e. The summed E-state index contributed by atoms with van der Waals surface area (Å²) < 4.78 is 13.2. The number of carbonyl (C=O) groups is 1. The van der Waals surface area contributed by atoms with Crippen molar-refractivity contribution < 1.29 is 14.3 Å². The van der Waals surface area contributed by atoms with Gasteiger partial charge in [0.25, 0.3) is 5.91 Å². The van der Waals surface area contributed by atoms with Crippen LogP contribution in [-0.2, 0) is 17.8 Å². The van der Waals surface area contributed by atoms with Crippen molar-refractivity contribution in [2.24, 2.45) is 0 Å². The van der Waals surface area contributed by atoms with E-state index in [0.717, 1.165) is 30.8 Å². The summed E-state index contributed by atoms with van der Waals surface area (Å²) in [5, 5.41) is 4.41. The molecule has 6 heteroatoms. The molecule has 1 aliphatic rings. The van der Waals surface area contributed by atoms with E-state index in [0.29, 0.717) is 25.3 Å². The van der Waals surface area contributed by atoms with Crippen LogP contribution >= 0.6 is 0 Å². The molecule has 1 unspecified atom stereocenters. The smallest absolute Gasteiger partial charge is 0.253 e. The Morgan fingerprint density at radius 2 is 1.97 bits per heavy atom. The van der Waals surface area contributed by atoms with Gasteiger partial charge in [0, 0.05) is 37.5 Å².